The number of β-amino-alcohol motifs (C(OH)–C–C–N with tert-alkyl or cyclic N) is 1. The predicted molar refractivity (Wildman–Crippen MR) is 95.3 cm³/mol. The first kappa shape index (κ1) is 19.1. The van der Waals surface area contributed by atoms with E-state index in [1.165, 1.54) is 6.42 Å². The minimum absolute atomic E-state index is 0.132. The molecule has 3 fully saturated rings. The molecular formula is C19H34N2O4. The summed E-state index contributed by atoms with van der Waals surface area (Å²) < 4.78 is 10.8. The van der Waals surface area contributed by atoms with Crippen molar-refractivity contribution >= 4 is 5.91 Å². The average molecular weight is 354 g/mol. The molecule has 0 aromatic rings. The lowest BCUT2D eigenvalue weighted by atomic mass is 9.86. The Morgan fingerprint density at radius 1 is 1.12 bits per heavy atom. The van der Waals surface area contributed by atoms with Crippen LogP contribution in [-0.2, 0) is 14.3 Å². The van der Waals surface area contributed by atoms with Crippen molar-refractivity contribution in [2.24, 2.45) is 5.92 Å². The van der Waals surface area contributed by atoms with E-state index >= 15 is 0 Å². The van der Waals surface area contributed by atoms with Gasteiger partial charge in [-0.1, -0.05) is 0 Å². The van der Waals surface area contributed by atoms with Gasteiger partial charge in [0, 0.05) is 38.2 Å². The number of nitrogens with zero attached hydrogens (tertiary/aromatic N) is 1. The molecule has 1 saturated heterocycles. The summed E-state index contributed by atoms with van der Waals surface area (Å²) in [6.45, 7) is 3.00. The highest BCUT2D eigenvalue weighted by Gasteiger charge is 2.37. The minimum Gasteiger partial charge on any atom is -0.392 e. The van der Waals surface area contributed by atoms with E-state index in [0.29, 0.717) is 19.3 Å². The number of hydrogen-bond acceptors (Lipinski definition) is 5. The Bertz CT molecular complexity index is 426. The Balaban J connectivity index is 1.41. The van der Waals surface area contributed by atoms with Gasteiger partial charge in [-0.25, -0.2) is 0 Å². The third kappa shape index (κ3) is 5.16. The van der Waals surface area contributed by atoms with Crippen molar-refractivity contribution in [3.8, 4) is 0 Å². The minimum atomic E-state index is -0.190. The van der Waals surface area contributed by atoms with Gasteiger partial charge in [0.2, 0.25) is 5.91 Å². The second-order valence-corrected chi connectivity index (χ2v) is 7.89. The zero-order valence-electron chi connectivity index (χ0n) is 15.5. The normalized spacial score (nSPS) is 36.6. The van der Waals surface area contributed by atoms with E-state index in [-0.39, 0.29) is 30.1 Å². The molecule has 0 bridgehead atoms. The lowest BCUT2D eigenvalue weighted by molar-refractivity contribution is -0.128. The van der Waals surface area contributed by atoms with Gasteiger partial charge < -0.3 is 19.9 Å². The van der Waals surface area contributed by atoms with Crippen molar-refractivity contribution in [1.29, 1.82) is 0 Å². The number of carbonyl (C=O) groups excluding carboxylic acids is 1. The van der Waals surface area contributed by atoms with Crippen LogP contribution in [-0.4, -0.2) is 73.6 Å². The van der Waals surface area contributed by atoms with Crippen molar-refractivity contribution in [3.05, 3.63) is 0 Å². The van der Waals surface area contributed by atoms with Crippen LogP contribution in [0.2, 0.25) is 0 Å². The van der Waals surface area contributed by atoms with Crippen LogP contribution in [0.3, 0.4) is 0 Å². The van der Waals surface area contributed by atoms with Gasteiger partial charge in [0.1, 0.15) is 0 Å². The molecule has 2 N–H and O–H groups in total. The zero-order valence-corrected chi connectivity index (χ0v) is 15.5. The highest BCUT2D eigenvalue weighted by Crippen LogP contribution is 2.30. The summed E-state index contributed by atoms with van der Waals surface area (Å²) in [7, 11) is 1.68. The van der Waals surface area contributed by atoms with Gasteiger partial charge in [0.15, 0.2) is 0 Å². The van der Waals surface area contributed by atoms with E-state index in [0.717, 1.165) is 58.0 Å². The molecule has 0 aromatic heterocycles. The van der Waals surface area contributed by atoms with Crippen LogP contribution < -0.4 is 5.32 Å². The first-order chi connectivity index (χ1) is 12.2. The number of rotatable bonds is 7. The maximum absolute atomic E-state index is 12.7. The lowest BCUT2D eigenvalue weighted by Crippen LogP contribution is -2.50. The summed E-state index contributed by atoms with van der Waals surface area (Å²) in [5.41, 5.74) is 0. The Labute approximate surface area is 151 Å². The molecule has 3 aliphatic rings. The van der Waals surface area contributed by atoms with Gasteiger partial charge in [-0.3, -0.25) is 9.69 Å². The number of carbonyl (C=O) groups is 1. The SMILES string of the molecule is COCCOC1CCC(C(=O)N[C@@H]2CCC[C@@H]2N2CCC(O)C2)CC1. The van der Waals surface area contributed by atoms with Crippen LogP contribution in [0.15, 0.2) is 0 Å². The smallest absolute Gasteiger partial charge is 0.223 e. The molecule has 3 rings (SSSR count). The quantitative estimate of drug-likeness (QED) is 0.675. The van der Waals surface area contributed by atoms with Crippen molar-refractivity contribution in [3.63, 3.8) is 0 Å². The number of aliphatic hydroxyl groups excluding tert-OH is 1. The second kappa shape index (κ2) is 9.31. The summed E-state index contributed by atoms with van der Waals surface area (Å²) in [5.74, 6) is 0.361. The van der Waals surface area contributed by atoms with Crippen LogP contribution in [0.4, 0.5) is 0 Å². The molecule has 25 heavy (non-hydrogen) atoms. The van der Waals surface area contributed by atoms with E-state index in [1.54, 1.807) is 7.11 Å². The van der Waals surface area contributed by atoms with E-state index in [9.17, 15) is 9.90 Å². The molecule has 3 atom stereocenters. The lowest BCUT2D eigenvalue weighted by Gasteiger charge is -2.32. The van der Waals surface area contributed by atoms with Gasteiger partial charge in [-0.05, 0) is 51.4 Å². The number of hydrogen-bond donors (Lipinski definition) is 2. The highest BCUT2D eigenvalue weighted by molar-refractivity contribution is 5.79. The number of aliphatic hydroxyl groups is 1. The largest absolute Gasteiger partial charge is 0.392 e. The zero-order chi connectivity index (χ0) is 17.6. The number of ether oxygens (including phenoxy) is 2. The van der Waals surface area contributed by atoms with Gasteiger partial charge >= 0.3 is 0 Å². The number of likely N-dealkylation sites (tertiary alicyclic amines) is 1. The Morgan fingerprint density at radius 3 is 2.60 bits per heavy atom. The molecule has 1 unspecified atom stereocenters. The van der Waals surface area contributed by atoms with E-state index in [1.807, 2.05) is 0 Å². The van der Waals surface area contributed by atoms with Gasteiger partial charge in [0.05, 0.1) is 25.4 Å². The third-order valence-electron chi connectivity index (χ3n) is 6.16. The van der Waals surface area contributed by atoms with E-state index < -0.39 is 0 Å². The maximum Gasteiger partial charge on any atom is 0.223 e. The monoisotopic (exact) mass is 354 g/mol. The summed E-state index contributed by atoms with van der Waals surface area (Å²) in [6.07, 6.45) is 8.10. The van der Waals surface area contributed by atoms with Crippen LogP contribution in [0, 0.1) is 5.92 Å². The Kier molecular flexibility index (Phi) is 7.10. The molecule has 1 amide bonds. The van der Waals surface area contributed by atoms with Crippen LogP contribution in [0.5, 0.6) is 0 Å². The van der Waals surface area contributed by atoms with Crippen molar-refractivity contribution in [2.75, 3.05) is 33.4 Å². The molecule has 144 valence electrons. The van der Waals surface area contributed by atoms with Gasteiger partial charge in [0.25, 0.3) is 0 Å². The summed E-state index contributed by atoms with van der Waals surface area (Å²) in [6, 6.07) is 0.670. The van der Waals surface area contributed by atoms with Crippen LogP contribution in [0.1, 0.15) is 51.4 Å². The van der Waals surface area contributed by atoms with Gasteiger partial charge in [-0.2, -0.15) is 0 Å². The molecule has 0 spiro atoms. The number of amides is 1. The van der Waals surface area contributed by atoms with Crippen molar-refractivity contribution < 1.29 is 19.4 Å². The fourth-order valence-corrected chi connectivity index (χ4v) is 4.71. The van der Waals surface area contributed by atoms with Crippen LogP contribution in [0.25, 0.3) is 0 Å². The molecule has 2 aliphatic carbocycles. The molecule has 0 aromatic carbocycles. The fraction of sp³-hybridized carbons (Fsp3) is 0.947. The van der Waals surface area contributed by atoms with Crippen molar-refractivity contribution in [1.82, 2.24) is 10.2 Å². The summed E-state index contributed by atoms with van der Waals surface area (Å²) in [5, 5.41) is 13.1. The van der Waals surface area contributed by atoms with E-state index in [4.69, 9.17) is 9.47 Å². The first-order valence-corrected chi connectivity index (χ1v) is 10.0. The topological polar surface area (TPSA) is 71.0 Å². The number of nitrogens with one attached hydrogen (secondary N) is 1. The Morgan fingerprint density at radius 2 is 1.92 bits per heavy atom. The molecule has 6 nitrogen and oxygen atoms in total. The van der Waals surface area contributed by atoms with Crippen molar-refractivity contribution in [2.45, 2.75) is 75.7 Å². The molecule has 1 aliphatic heterocycles. The standard InChI is InChI=1S/C19H34N2O4/c1-24-11-12-25-16-7-5-14(6-8-16)19(23)20-17-3-2-4-18(17)21-10-9-15(22)13-21/h14-18,22H,2-13H2,1H3,(H,20,23)/t14?,15?,16?,17-,18+/m1/s1. The molecule has 6 heteroatoms. The third-order valence-corrected chi connectivity index (χ3v) is 6.16. The van der Waals surface area contributed by atoms with Gasteiger partial charge in [-0.15, -0.1) is 0 Å². The molecule has 0 radical (unpaired) electrons. The highest BCUT2D eigenvalue weighted by atomic mass is 16.5. The predicted octanol–water partition coefficient (Wildman–Crippen LogP) is 1.31. The molecular weight excluding hydrogens is 320 g/mol. The van der Waals surface area contributed by atoms with Crippen LogP contribution >= 0.6 is 0 Å². The summed E-state index contributed by atoms with van der Waals surface area (Å²) in [4.78, 5) is 15.1. The molecule has 2 saturated carbocycles. The second-order valence-electron chi connectivity index (χ2n) is 7.89. The average Bonchev–Trinajstić information content (AvgIpc) is 3.24. The van der Waals surface area contributed by atoms with E-state index in [2.05, 4.69) is 10.2 Å². The maximum atomic E-state index is 12.7. The Hall–Kier alpha value is -0.690. The first-order valence-electron chi connectivity index (χ1n) is 10.0. The summed E-state index contributed by atoms with van der Waals surface area (Å²) >= 11 is 0. The molecule has 1 heterocycles. The number of methoxy groups -OCH3 is 1. The fourth-order valence-electron chi connectivity index (χ4n) is 4.71.